The van der Waals surface area contributed by atoms with E-state index in [2.05, 4.69) is 23.0 Å². The average Bonchev–Trinajstić information content (AvgIpc) is 3.17. The monoisotopic (exact) mass is 521 g/mol. The minimum atomic E-state index is -3.75. The number of nitrogens with zero attached hydrogens (tertiary/aromatic N) is 2. The number of aromatic amines is 1. The molecule has 0 atom stereocenters. The second kappa shape index (κ2) is 9.63. The van der Waals surface area contributed by atoms with Gasteiger partial charge in [-0.15, -0.1) is 0 Å². The number of hydrogen-bond donors (Lipinski definition) is 1. The summed E-state index contributed by atoms with van der Waals surface area (Å²) in [6, 6.07) is 14.6. The maximum absolute atomic E-state index is 15.1. The number of H-pyrrole nitrogens is 1. The van der Waals surface area contributed by atoms with Crippen molar-refractivity contribution in [3.63, 3.8) is 0 Å². The van der Waals surface area contributed by atoms with Gasteiger partial charge in [-0.2, -0.15) is 0 Å². The smallest absolute Gasteiger partial charge is 0.254 e. The molecule has 9 heteroatoms. The lowest BCUT2D eigenvalue weighted by Gasteiger charge is -2.22. The lowest BCUT2D eigenvalue weighted by atomic mass is 10.0. The molecule has 0 radical (unpaired) electrons. The van der Waals surface area contributed by atoms with Crippen LogP contribution in [0.3, 0.4) is 0 Å². The van der Waals surface area contributed by atoms with Gasteiger partial charge in [0.05, 0.1) is 17.6 Å². The highest BCUT2D eigenvalue weighted by Gasteiger charge is 2.27. The number of aryl methyl sites for hydroxylation is 1. The Morgan fingerprint density at radius 1 is 1.08 bits per heavy atom. The zero-order chi connectivity index (χ0) is 26.3. The summed E-state index contributed by atoms with van der Waals surface area (Å²) in [4.78, 5) is 22.7. The fraction of sp³-hybridized carbons (Fsp3) is 0.286. The molecular weight excluding hydrogens is 493 g/mol. The van der Waals surface area contributed by atoms with E-state index in [0.29, 0.717) is 18.9 Å². The second-order valence-electron chi connectivity index (χ2n) is 9.20. The van der Waals surface area contributed by atoms with Crippen LogP contribution in [-0.2, 0) is 29.2 Å². The summed E-state index contributed by atoms with van der Waals surface area (Å²) in [6.45, 7) is 4.65. The first-order chi connectivity index (χ1) is 17.7. The van der Waals surface area contributed by atoms with Crippen molar-refractivity contribution in [3.05, 3.63) is 76.9 Å². The highest BCUT2D eigenvalue weighted by Crippen LogP contribution is 2.32. The van der Waals surface area contributed by atoms with Gasteiger partial charge in [0, 0.05) is 35.9 Å². The number of rotatable bonds is 5. The summed E-state index contributed by atoms with van der Waals surface area (Å²) in [5.74, 6) is 0.419. The topological polar surface area (TPSA) is 92.4 Å². The number of carbonyl (C=O) groups is 1. The Labute approximate surface area is 215 Å². The van der Waals surface area contributed by atoms with Gasteiger partial charge in [0.2, 0.25) is 0 Å². The molecule has 0 saturated carbocycles. The molecule has 3 aromatic carbocycles. The first-order valence-corrected chi connectivity index (χ1v) is 14.1. The Hall–Kier alpha value is -3.72. The van der Waals surface area contributed by atoms with Gasteiger partial charge in [0.1, 0.15) is 28.9 Å². The third-order valence-corrected chi connectivity index (χ3v) is 7.83. The molecule has 7 nitrogen and oxygen atoms in total. The number of hydrogen-bond acceptors (Lipinski definition) is 5. The van der Waals surface area contributed by atoms with Gasteiger partial charge in [-0.3, -0.25) is 4.79 Å². The Balaban J connectivity index is 1.47. The molecule has 0 saturated heterocycles. The number of ether oxygens (including phenoxy) is 1. The van der Waals surface area contributed by atoms with Crippen LogP contribution < -0.4 is 4.74 Å². The molecule has 1 N–H and O–H groups in total. The van der Waals surface area contributed by atoms with Crippen LogP contribution in [0.25, 0.3) is 22.2 Å². The van der Waals surface area contributed by atoms with Crippen molar-refractivity contribution >= 4 is 26.8 Å². The molecular formula is C28H28FN3O4S. The van der Waals surface area contributed by atoms with E-state index in [9.17, 15) is 13.2 Å². The maximum atomic E-state index is 15.1. The molecule has 1 amide bonds. The molecule has 5 rings (SSSR count). The summed E-state index contributed by atoms with van der Waals surface area (Å²) in [5, 5.41) is 0. The van der Waals surface area contributed by atoms with Crippen molar-refractivity contribution in [1.82, 2.24) is 14.9 Å². The maximum Gasteiger partial charge on any atom is 0.254 e. The Bertz CT molecular complexity index is 1630. The summed E-state index contributed by atoms with van der Waals surface area (Å²) in [5.41, 5.74) is 4.98. The fourth-order valence-electron chi connectivity index (χ4n) is 4.76. The van der Waals surface area contributed by atoms with E-state index in [1.807, 2.05) is 30.3 Å². The van der Waals surface area contributed by atoms with Crippen LogP contribution in [0.5, 0.6) is 5.75 Å². The lowest BCUT2D eigenvalue weighted by Crippen LogP contribution is -2.33. The van der Waals surface area contributed by atoms with Crippen LogP contribution in [0.4, 0.5) is 4.39 Å². The van der Waals surface area contributed by atoms with Crippen molar-refractivity contribution in [2.75, 3.05) is 19.4 Å². The molecule has 37 heavy (non-hydrogen) atoms. The van der Waals surface area contributed by atoms with Crippen molar-refractivity contribution in [3.8, 4) is 16.9 Å². The lowest BCUT2D eigenvalue weighted by molar-refractivity contribution is 0.0731. The minimum Gasteiger partial charge on any atom is -0.491 e. The zero-order valence-corrected chi connectivity index (χ0v) is 21.8. The first kappa shape index (κ1) is 25.0. The number of fused-ring (bicyclic) bond motifs is 2. The molecule has 0 spiro atoms. The number of carbonyl (C=O) groups excluding carboxylic acids is 1. The number of amides is 1. The predicted molar refractivity (Wildman–Crippen MR) is 140 cm³/mol. The highest BCUT2D eigenvalue weighted by molar-refractivity contribution is 7.90. The van der Waals surface area contributed by atoms with Crippen molar-refractivity contribution in [1.29, 1.82) is 0 Å². The zero-order valence-electron chi connectivity index (χ0n) is 21.0. The number of halogens is 1. The molecule has 1 aromatic heterocycles. The highest BCUT2D eigenvalue weighted by atomic mass is 32.2. The molecule has 1 aliphatic rings. The standard InChI is InChI=1S/C28H28FN3O4S/c1-4-20-21(8-11-25(27(20)29)37(3,34)35)28(33)32-12-13-36-24-10-7-17(14-19(24)16-32)18-6-9-22-23(15-18)31-26(5-2)30-22/h6-11,14-15H,4-5,12-13,16H2,1-3H3,(H,30,31). The van der Waals surface area contributed by atoms with Gasteiger partial charge < -0.3 is 14.6 Å². The van der Waals surface area contributed by atoms with Gasteiger partial charge >= 0.3 is 0 Å². The molecule has 0 fully saturated rings. The van der Waals surface area contributed by atoms with Gasteiger partial charge in [0.15, 0.2) is 9.84 Å². The predicted octanol–water partition coefficient (Wildman–Crippen LogP) is 4.93. The molecule has 2 heterocycles. The molecule has 0 unspecified atom stereocenters. The number of nitrogens with one attached hydrogen (secondary N) is 1. The molecule has 4 aromatic rings. The number of aromatic nitrogens is 2. The van der Waals surface area contributed by atoms with Crippen LogP contribution in [0, 0.1) is 5.82 Å². The summed E-state index contributed by atoms with van der Waals surface area (Å²) in [6.07, 6.45) is 1.97. The quantitative estimate of drug-likeness (QED) is 0.402. The molecule has 0 aliphatic carbocycles. The largest absolute Gasteiger partial charge is 0.491 e. The molecule has 192 valence electrons. The van der Waals surface area contributed by atoms with Crippen LogP contribution in [0.15, 0.2) is 53.4 Å². The van der Waals surface area contributed by atoms with E-state index in [4.69, 9.17) is 4.74 Å². The molecule has 1 aliphatic heterocycles. The minimum absolute atomic E-state index is 0.103. The Morgan fingerprint density at radius 3 is 2.57 bits per heavy atom. The molecule has 0 bridgehead atoms. The fourth-order valence-corrected chi connectivity index (χ4v) is 5.52. The van der Waals surface area contributed by atoms with E-state index in [1.165, 1.54) is 12.1 Å². The van der Waals surface area contributed by atoms with Crippen molar-refractivity contribution < 1.29 is 22.3 Å². The average molecular weight is 522 g/mol. The normalized spacial score (nSPS) is 13.8. The first-order valence-electron chi connectivity index (χ1n) is 12.2. The van der Waals surface area contributed by atoms with Crippen molar-refractivity contribution in [2.24, 2.45) is 0 Å². The van der Waals surface area contributed by atoms with Crippen molar-refractivity contribution in [2.45, 2.75) is 38.1 Å². The van der Waals surface area contributed by atoms with Crippen LogP contribution >= 0.6 is 0 Å². The van der Waals surface area contributed by atoms with E-state index >= 15 is 4.39 Å². The van der Waals surface area contributed by atoms with E-state index in [1.54, 1.807) is 11.8 Å². The number of imidazole rings is 1. The number of sulfone groups is 1. The van der Waals surface area contributed by atoms with Gasteiger partial charge in [-0.05, 0) is 53.9 Å². The number of benzene rings is 3. The van der Waals surface area contributed by atoms with E-state index in [0.717, 1.165) is 46.2 Å². The third-order valence-electron chi connectivity index (χ3n) is 6.72. The summed E-state index contributed by atoms with van der Waals surface area (Å²) < 4.78 is 44.9. The Morgan fingerprint density at radius 2 is 1.84 bits per heavy atom. The van der Waals surface area contributed by atoms with Crippen LogP contribution in [-0.4, -0.2) is 48.6 Å². The second-order valence-corrected chi connectivity index (χ2v) is 11.2. The SMILES string of the molecule is CCc1nc2ccc(-c3ccc4c(c3)CN(C(=O)c3ccc(S(C)(=O)=O)c(F)c3CC)CCO4)cc2[nH]1. The Kier molecular flexibility index (Phi) is 6.49. The van der Waals surface area contributed by atoms with Gasteiger partial charge in [-0.1, -0.05) is 26.0 Å². The summed E-state index contributed by atoms with van der Waals surface area (Å²) >= 11 is 0. The summed E-state index contributed by atoms with van der Waals surface area (Å²) in [7, 11) is -3.75. The van der Waals surface area contributed by atoms with E-state index in [-0.39, 0.29) is 30.0 Å². The van der Waals surface area contributed by atoms with E-state index < -0.39 is 20.5 Å². The van der Waals surface area contributed by atoms with Crippen LogP contribution in [0.2, 0.25) is 0 Å². The van der Waals surface area contributed by atoms with Gasteiger partial charge in [0.25, 0.3) is 5.91 Å². The third kappa shape index (κ3) is 4.71. The van der Waals surface area contributed by atoms with Gasteiger partial charge in [-0.25, -0.2) is 17.8 Å². The van der Waals surface area contributed by atoms with Crippen LogP contribution in [0.1, 0.15) is 41.2 Å².